The van der Waals surface area contributed by atoms with Crippen molar-refractivity contribution < 1.29 is 14.7 Å². The molecule has 5 heteroatoms. The molecule has 18 heavy (non-hydrogen) atoms. The van der Waals surface area contributed by atoms with E-state index in [1.54, 1.807) is 11.8 Å². The monoisotopic (exact) mass is 265 g/mol. The number of carbonyl (C=O) groups excluding carboxylic acids is 1. The van der Waals surface area contributed by atoms with Gasteiger partial charge in [-0.15, -0.1) is 11.8 Å². The molecular weight excluding hydrogens is 250 g/mol. The molecule has 0 aromatic heterocycles. The van der Waals surface area contributed by atoms with Crippen LogP contribution in [0.15, 0.2) is 35.2 Å². The second-order valence-corrected chi connectivity index (χ2v) is 5.52. The molecule has 0 unspecified atom stereocenters. The summed E-state index contributed by atoms with van der Waals surface area (Å²) in [6, 6.07) is 9.82. The maximum atomic E-state index is 11.6. The molecule has 2 N–H and O–H groups in total. The molecule has 1 amide bonds. The Morgan fingerprint density at radius 3 is 2.50 bits per heavy atom. The first kappa shape index (κ1) is 13.0. The summed E-state index contributed by atoms with van der Waals surface area (Å²) < 4.78 is 0. The molecule has 1 aromatic carbocycles. The van der Waals surface area contributed by atoms with E-state index in [9.17, 15) is 9.59 Å². The van der Waals surface area contributed by atoms with Crippen molar-refractivity contribution in [3.63, 3.8) is 0 Å². The third-order valence-corrected chi connectivity index (χ3v) is 3.89. The zero-order valence-electron chi connectivity index (χ0n) is 9.89. The van der Waals surface area contributed by atoms with Gasteiger partial charge in [0, 0.05) is 17.1 Å². The van der Waals surface area contributed by atoms with Crippen LogP contribution in [0.3, 0.4) is 0 Å². The summed E-state index contributed by atoms with van der Waals surface area (Å²) in [5.74, 6) is -0.448. The third kappa shape index (κ3) is 3.26. The van der Waals surface area contributed by atoms with Crippen LogP contribution in [0.25, 0.3) is 0 Å². The molecule has 0 heterocycles. The molecule has 0 aliphatic heterocycles. The molecule has 1 aliphatic rings. The minimum absolute atomic E-state index is 0.182. The fraction of sp³-hybridized carbons (Fsp3) is 0.385. The highest BCUT2D eigenvalue weighted by molar-refractivity contribution is 7.99. The van der Waals surface area contributed by atoms with Gasteiger partial charge in [-0.05, 0) is 25.0 Å². The van der Waals surface area contributed by atoms with Crippen LogP contribution >= 0.6 is 11.8 Å². The maximum absolute atomic E-state index is 11.6. The summed E-state index contributed by atoms with van der Waals surface area (Å²) in [5.41, 5.74) is -0.964. The SMILES string of the molecule is O=C(CCSc1ccccc1)NC1(C(=O)O)CC1. The maximum Gasteiger partial charge on any atom is 0.329 e. The van der Waals surface area contributed by atoms with Gasteiger partial charge in [-0.3, -0.25) is 4.79 Å². The van der Waals surface area contributed by atoms with Crippen LogP contribution in [0.1, 0.15) is 19.3 Å². The van der Waals surface area contributed by atoms with Gasteiger partial charge in [0.1, 0.15) is 5.54 Å². The van der Waals surface area contributed by atoms with Gasteiger partial charge in [0.25, 0.3) is 0 Å². The summed E-state index contributed by atoms with van der Waals surface area (Å²) in [6.07, 6.45) is 1.42. The number of hydrogen-bond acceptors (Lipinski definition) is 3. The van der Waals surface area contributed by atoms with E-state index in [1.807, 2.05) is 30.3 Å². The second-order valence-electron chi connectivity index (χ2n) is 4.35. The van der Waals surface area contributed by atoms with Gasteiger partial charge in [0.15, 0.2) is 0 Å². The lowest BCUT2D eigenvalue weighted by Crippen LogP contribution is -2.43. The second kappa shape index (κ2) is 5.44. The molecule has 1 saturated carbocycles. The normalized spacial score (nSPS) is 16.0. The average molecular weight is 265 g/mol. The molecule has 1 aliphatic carbocycles. The molecule has 0 spiro atoms. The number of hydrogen-bond donors (Lipinski definition) is 2. The zero-order chi connectivity index (χ0) is 13.0. The van der Waals surface area contributed by atoms with Gasteiger partial charge >= 0.3 is 5.97 Å². The molecule has 2 rings (SSSR count). The molecule has 96 valence electrons. The van der Waals surface area contributed by atoms with E-state index < -0.39 is 11.5 Å². The Bertz CT molecular complexity index is 443. The van der Waals surface area contributed by atoms with E-state index in [0.717, 1.165) is 4.90 Å². The number of carboxylic acid groups (broad SMARTS) is 1. The Labute approximate surface area is 110 Å². The molecule has 1 aromatic rings. The van der Waals surface area contributed by atoms with Crippen LogP contribution in [0.4, 0.5) is 0 Å². The van der Waals surface area contributed by atoms with Gasteiger partial charge in [0.05, 0.1) is 0 Å². The van der Waals surface area contributed by atoms with Crippen LogP contribution in [-0.2, 0) is 9.59 Å². The number of thioether (sulfide) groups is 1. The number of benzene rings is 1. The largest absolute Gasteiger partial charge is 0.480 e. The van der Waals surface area contributed by atoms with Gasteiger partial charge in [-0.1, -0.05) is 18.2 Å². The molecule has 1 fully saturated rings. The van der Waals surface area contributed by atoms with E-state index in [2.05, 4.69) is 5.32 Å². The first-order valence-electron chi connectivity index (χ1n) is 5.85. The Balaban J connectivity index is 1.71. The summed E-state index contributed by atoms with van der Waals surface area (Å²) in [6.45, 7) is 0. The number of carbonyl (C=O) groups is 2. The Hall–Kier alpha value is -1.49. The zero-order valence-corrected chi connectivity index (χ0v) is 10.7. The van der Waals surface area contributed by atoms with E-state index in [4.69, 9.17) is 5.11 Å². The summed E-state index contributed by atoms with van der Waals surface area (Å²) in [7, 11) is 0. The Kier molecular flexibility index (Phi) is 3.91. The van der Waals surface area contributed by atoms with Gasteiger partial charge in [0.2, 0.25) is 5.91 Å². The van der Waals surface area contributed by atoms with Crippen molar-refractivity contribution in [1.82, 2.24) is 5.32 Å². The standard InChI is InChI=1S/C13H15NO3S/c15-11(14-13(7-8-13)12(16)17)6-9-18-10-4-2-1-3-5-10/h1-5H,6-9H2,(H,14,15)(H,16,17). The predicted octanol–water partition coefficient (Wildman–Crippen LogP) is 1.90. The van der Waals surface area contributed by atoms with Crippen molar-refractivity contribution >= 4 is 23.6 Å². The fourth-order valence-corrected chi connectivity index (χ4v) is 2.50. The lowest BCUT2D eigenvalue weighted by atomic mass is 10.2. The van der Waals surface area contributed by atoms with Crippen LogP contribution < -0.4 is 5.32 Å². The summed E-state index contributed by atoms with van der Waals surface area (Å²) in [5, 5.41) is 11.5. The first-order valence-corrected chi connectivity index (χ1v) is 6.83. The predicted molar refractivity (Wildman–Crippen MR) is 69.5 cm³/mol. The van der Waals surface area contributed by atoms with E-state index in [0.29, 0.717) is 25.0 Å². The van der Waals surface area contributed by atoms with Crippen molar-refractivity contribution in [3.05, 3.63) is 30.3 Å². The minimum atomic E-state index is -0.964. The Morgan fingerprint density at radius 2 is 1.94 bits per heavy atom. The first-order chi connectivity index (χ1) is 8.62. The number of nitrogens with one attached hydrogen (secondary N) is 1. The van der Waals surface area contributed by atoms with Crippen LogP contribution in [-0.4, -0.2) is 28.3 Å². The van der Waals surface area contributed by atoms with Crippen LogP contribution in [0.2, 0.25) is 0 Å². The van der Waals surface area contributed by atoms with E-state index >= 15 is 0 Å². The van der Waals surface area contributed by atoms with Gasteiger partial charge in [-0.25, -0.2) is 4.79 Å². The molecule has 0 atom stereocenters. The summed E-state index contributed by atoms with van der Waals surface area (Å²) in [4.78, 5) is 23.6. The highest BCUT2D eigenvalue weighted by Gasteiger charge is 2.51. The number of amides is 1. The lowest BCUT2D eigenvalue weighted by Gasteiger charge is -2.11. The highest BCUT2D eigenvalue weighted by Crippen LogP contribution is 2.35. The smallest absolute Gasteiger partial charge is 0.329 e. The topological polar surface area (TPSA) is 66.4 Å². The fourth-order valence-electron chi connectivity index (χ4n) is 1.63. The molecule has 4 nitrogen and oxygen atoms in total. The van der Waals surface area contributed by atoms with Crippen LogP contribution in [0.5, 0.6) is 0 Å². The quantitative estimate of drug-likeness (QED) is 0.771. The van der Waals surface area contributed by atoms with Crippen molar-refractivity contribution in [2.75, 3.05) is 5.75 Å². The van der Waals surface area contributed by atoms with Crippen LogP contribution in [0, 0.1) is 0 Å². The van der Waals surface area contributed by atoms with E-state index in [-0.39, 0.29) is 5.91 Å². The van der Waals surface area contributed by atoms with Crippen molar-refractivity contribution in [3.8, 4) is 0 Å². The molecule has 0 bridgehead atoms. The van der Waals surface area contributed by atoms with Crippen molar-refractivity contribution in [2.45, 2.75) is 29.7 Å². The third-order valence-electron chi connectivity index (χ3n) is 2.88. The average Bonchev–Trinajstić information content (AvgIpc) is 3.11. The van der Waals surface area contributed by atoms with Crippen molar-refractivity contribution in [2.24, 2.45) is 0 Å². The molecule has 0 radical (unpaired) electrons. The van der Waals surface area contributed by atoms with Gasteiger partial charge < -0.3 is 10.4 Å². The number of aliphatic carboxylic acids is 1. The Morgan fingerprint density at radius 1 is 1.28 bits per heavy atom. The minimum Gasteiger partial charge on any atom is -0.480 e. The number of rotatable bonds is 6. The number of carboxylic acids is 1. The molecule has 0 saturated heterocycles. The highest BCUT2D eigenvalue weighted by atomic mass is 32.2. The lowest BCUT2D eigenvalue weighted by molar-refractivity contribution is -0.143. The van der Waals surface area contributed by atoms with E-state index in [1.165, 1.54) is 0 Å². The molecular formula is C13H15NO3S. The van der Waals surface area contributed by atoms with Crippen molar-refractivity contribution in [1.29, 1.82) is 0 Å². The summed E-state index contributed by atoms with van der Waals surface area (Å²) >= 11 is 1.60. The van der Waals surface area contributed by atoms with Gasteiger partial charge in [-0.2, -0.15) is 0 Å².